The van der Waals surface area contributed by atoms with Crippen LogP contribution in [0.1, 0.15) is 49.5 Å². The second-order valence-electron chi connectivity index (χ2n) is 10.8. The minimum Gasteiger partial charge on any atom is -0.410 e. The van der Waals surface area contributed by atoms with Crippen LogP contribution >= 0.6 is 31.9 Å². The highest BCUT2D eigenvalue weighted by atomic mass is 79.9. The van der Waals surface area contributed by atoms with E-state index in [2.05, 4.69) is 61.2 Å². The van der Waals surface area contributed by atoms with E-state index in [1.54, 1.807) is 19.1 Å². The van der Waals surface area contributed by atoms with E-state index in [0.717, 1.165) is 23.0 Å². The Morgan fingerprint density at radius 2 is 1.82 bits per heavy atom. The minimum atomic E-state index is -1.26. The standard InChI is InChI=1S/C29H40BBr2N3O5/c1-21(2)18-26(30-39-16-7-12-35(13-15-36)14-17-40-30)33-28(38)29(3,20-22-8-5-4-6-9-22)34-27(37)24-19-23(31)10-11-25(24)32/h4-6,8-11,19,21,26,36H,7,12-18,20H2,1-3H3,(H,33,38)(H,34,37)/t26-,29-/m0/s1. The van der Waals surface area contributed by atoms with Crippen LogP contribution in [0.5, 0.6) is 0 Å². The van der Waals surface area contributed by atoms with Gasteiger partial charge in [-0.05, 0) is 65.4 Å². The van der Waals surface area contributed by atoms with Crippen molar-refractivity contribution in [3.8, 4) is 0 Å². The number of aliphatic hydroxyl groups excluding tert-OH is 1. The van der Waals surface area contributed by atoms with Gasteiger partial charge in [0, 0.05) is 48.2 Å². The van der Waals surface area contributed by atoms with Gasteiger partial charge < -0.3 is 25.0 Å². The van der Waals surface area contributed by atoms with E-state index >= 15 is 0 Å². The molecule has 0 bridgehead atoms. The zero-order valence-electron chi connectivity index (χ0n) is 23.5. The number of carbonyl (C=O) groups is 2. The van der Waals surface area contributed by atoms with Crippen molar-refractivity contribution in [3.05, 3.63) is 68.6 Å². The number of carbonyl (C=O) groups excluding carboxylic acids is 2. The van der Waals surface area contributed by atoms with Gasteiger partial charge in [-0.1, -0.05) is 60.1 Å². The molecule has 1 saturated heterocycles. The number of rotatable bonds is 11. The largest absolute Gasteiger partial charge is 0.480 e. The Morgan fingerprint density at radius 3 is 2.52 bits per heavy atom. The monoisotopic (exact) mass is 679 g/mol. The summed E-state index contributed by atoms with van der Waals surface area (Å²) in [5.74, 6) is -0.818. The van der Waals surface area contributed by atoms with Gasteiger partial charge in [-0.25, -0.2) is 0 Å². The minimum absolute atomic E-state index is 0.0958. The topological polar surface area (TPSA) is 100 Å². The maximum Gasteiger partial charge on any atom is 0.480 e. The molecule has 3 rings (SSSR count). The molecule has 0 aliphatic carbocycles. The molecule has 40 heavy (non-hydrogen) atoms. The van der Waals surface area contributed by atoms with Gasteiger partial charge in [0.25, 0.3) is 5.91 Å². The lowest BCUT2D eigenvalue weighted by Crippen LogP contribution is -2.62. The van der Waals surface area contributed by atoms with Crippen LogP contribution in [-0.4, -0.2) is 79.9 Å². The van der Waals surface area contributed by atoms with Crippen molar-refractivity contribution in [2.75, 3.05) is 39.5 Å². The van der Waals surface area contributed by atoms with Crippen molar-refractivity contribution in [3.63, 3.8) is 0 Å². The number of nitrogens with zero attached hydrogens (tertiary/aromatic N) is 1. The first-order valence-corrected chi connectivity index (χ1v) is 15.4. The van der Waals surface area contributed by atoms with Crippen molar-refractivity contribution in [1.29, 1.82) is 0 Å². The van der Waals surface area contributed by atoms with Crippen LogP contribution in [-0.2, 0) is 20.5 Å². The Labute approximate surface area is 255 Å². The zero-order valence-corrected chi connectivity index (χ0v) is 26.7. The molecule has 0 unspecified atom stereocenters. The van der Waals surface area contributed by atoms with Crippen molar-refractivity contribution >= 4 is 50.8 Å². The average Bonchev–Trinajstić information content (AvgIpc) is 3.02. The van der Waals surface area contributed by atoms with Gasteiger partial charge in [0.1, 0.15) is 5.54 Å². The molecule has 0 aromatic heterocycles. The van der Waals surface area contributed by atoms with E-state index in [9.17, 15) is 14.7 Å². The zero-order chi connectivity index (χ0) is 29.1. The van der Waals surface area contributed by atoms with Gasteiger partial charge in [0.05, 0.1) is 18.1 Å². The number of hydrogen-bond acceptors (Lipinski definition) is 6. The molecule has 1 aliphatic rings. The first-order valence-electron chi connectivity index (χ1n) is 13.8. The van der Waals surface area contributed by atoms with Crippen LogP contribution in [0, 0.1) is 5.92 Å². The lowest BCUT2D eigenvalue weighted by atomic mass is 9.73. The predicted octanol–water partition coefficient (Wildman–Crippen LogP) is 4.23. The van der Waals surface area contributed by atoms with Gasteiger partial charge in [0.2, 0.25) is 5.91 Å². The molecular weight excluding hydrogens is 641 g/mol. The Morgan fingerprint density at radius 1 is 1.10 bits per heavy atom. The van der Waals surface area contributed by atoms with E-state index in [-0.39, 0.29) is 24.3 Å². The maximum atomic E-state index is 14.1. The van der Waals surface area contributed by atoms with E-state index in [1.165, 1.54) is 0 Å². The number of aliphatic hydroxyl groups is 1. The van der Waals surface area contributed by atoms with Gasteiger partial charge >= 0.3 is 7.12 Å². The van der Waals surface area contributed by atoms with E-state index in [1.807, 2.05) is 36.4 Å². The second kappa shape index (κ2) is 16.0. The van der Waals surface area contributed by atoms with Crippen molar-refractivity contribution in [2.24, 2.45) is 5.92 Å². The quantitative estimate of drug-likeness (QED) is 0.308. The fourth-order valence-electron chi connectivity index (χ4n) is 4.79. The highest BCUT2D eigenvalue weighted by Crippen LogP contribution is 2.24. The molecule has 2 aromatic rings. The number of amides is 2. The summed E-state index contributed by atoms with van der Waals surface area (Å²) in [4.78, 5) is 29.7. The Hall–Kier alpha value is -1.76. The van der Waals surface area contributed by atoms with Gasteiger partial charge in [-0.15, -0.1) is 0 Å². The molecular formula is C29H40BBr2N3O5. The van der Waals surface area contributed by atoms with Crippen molar-refractivity contribution in [2.45, 2.75) is 51.5 Å². The molecule has 2 amide bonds. The summed E-state index contributed by atoms with van der Waals surface area (Å²) in [6.07, 6.45) is 1.74. The van der Waals surface area contributed by atoms with Gasteiger partial charge in [-0.3, -0.25) is 14.5 Å². The number of halogens is 2. The summed E-state index contributed by atoms with van der Waals surface area (Å²) in [5, 5.41) is 15.6. The SMILES string of the molecule is CC(C)C[C@H](NC(=O)[C@](C)(Cc1ccccc1)NC(=O)c1cc(Br)ccc1Br)B1OCCCN(CCO)CCO1. The summed E-state index contributed by atoms with van der Waals surface area (Å²) < 4.78 is 13.7. The third kappa shape index (κ3) is 9.96. The number of hydrogen-bond donors (Lipinski definition) is 3. The number of nitrogens with one attached hydrogen (secondary N) is 2. The molecule has 1 heterocycles. The van der Waals surface area contributed by atoms with E-state index < -0.39 is 18.6 Å². The van der Waals surface area contributed by atoms with Crippen LogP contribution in [0.4, 0.5) is 0 Å². The van der Waals surface area contributed by atoms with Crippen molar-refractivity contribution in [1.82, 2.24) is 15.5 Å². The number of benzene rings is 2. The Balaban J connectivity index is 1.85. The third-order valence-electron chi connectivity index (χ3n) is 6.84. The van der Waals surface area contributed by atoms with Crippen LogP contribution < -0.4 is 10.6 Å². The lowest BCUT2D eigenvalue weighted by molar-refractivity contribution is -0.127. The molecule has 3 N–H and O–H groups in total. The summed E-state index contributed by atoms with van der Waals surface area (Å²) in [6, 6.07) is 15.0. The first-order chi connectivity index (χ1) is 19.1. The van der Waals surface area contributed by atoms with Gasteiger partial charge in [0.15, 0.2) is 0 Å². The summed E-state index contributed by atoms with van der Waals surface area (Å²) in [7, 11) is -0.628. The smallest absolute Gasteiger partial charge is 0.410 e. The van der Waals surface area contributed by atoms with E-state index in [4.69, 9.17) is 9.31 Å². The summed E-state index contributed by atoms with van der Waals surface area (Å²) in [5.41, 5.74) is 0.0925. The highest BCUT2D eigenvalue weighted by Gasteiger charge is 2.40. The molecule has 0 spiro atoms. The van der Waals surface area contributed by atoms with Crippen LogP contribution in [0.2, 0.25) is 0 Å². The molecule has 0 saturated carbocycles. The summed E-state index contributed by atoms with van der Waals surface area (Å²) >= 11 is 6.90. The van der Waals surface area contributed by atoms with Crippen LogP contribution in [0.3, 0.4) is 0 Å². The molecule has 8 nitrogen and oxygen atoms in total. The van der Waals surface area contributed by atoms with E-state index in [0.29, 0.717) is 49.2 Å². The highest BCUT2D eigenvalue weighted by molar-refractivity contribution is 9.11. The Kier molecular flexibility index (Phi) is 13.1. The molecule has 2 aromatic carbocycles. The molecule has 1 fully saturated rings. The summed E-state index contributed by atoms with van der Waals surface area (Å²) in [6.45, 7) is 9.00. The van der Waals surface area contributed by atoms with Gasteiger partial charge in [-0.2, -0.15) is 0 Å². The van der Waals surface area contributed by atoms with Crippen molar-refractivity contribution < 1.29 is 24.0 Å². The molecule has 1 aliphatic heterocycles. The maximum absolute atomic E-state index is 14.1. The van der Waals surface area contributed by atoms with Crippen LogP contribution in [0.15, 0.2) is 57.5 Å². The third-order valence-corrected chi connectivity index (χ3v) is 8.03. The molecule has 11 heteroatoms. The molecule has 0 radical (unpaired) electrons. The Bertz CT molecular complexity index is 1110. The fraction of sp³-hybridized carbons (Fsp3) is 0.517. The predicted molar refractivity (Wildman–Crippen MR) is 165 cm³/mol. The lowest BCUT2D eigenvalue weighted by Gasteiger charge is -2.33. The molecule has 218 valence electrons. The molecule has 2 atom stereocenters. The number of β-amino-alcohol motifs (C(OH)–C–C–N with tert-alkyl or cyclic N) is 1. The second-order valence-corrected chi connectivity index (χ2v) is 12.6. The average molecular weight is 681 g/mol. The fourth-order valence-corrected chi connectivity index (χ4v) is 5.58. The first kappa shape index (κ1) is 32.8. The van der Waals surface area contributed by atoms with Crippen LogP contribution in [0.25, 0.3) is 0 Å². The normalized spacial score (nSPS) is 17.3.